The summed E-state index contributed by atoms with van der Waals surface area (Å²) in [5, 5.41) is 30.6. The van der Waals surface area contributed by atoms with Gasteiger partial charge < -0.3 is 0 Å². The Balaban J connectivity index is 1.70. The molecular formula is C42H10F8N8. The molecule has 0 radical (unpaired) electrons. The molecule has 7 rings (SSSR count). The van der Waals surface area contributed by atoms with Crippen LogP contribution in [0.3, 0.4) is 0 Å². The van der Waals surface area contributed by atoms with Crippen molar-refractivity contribution in [3.05, 3.63) is 192 Å². The van der Waals surface area contributed by atoms with Crippen molar-refractivity contribution in [2.45, 2.75) is 0 Å². The summed E-state index contributed by atoms with van der Waals surface area (Å²) in [4.78, 5) is 15.2. The SMILES string of the molecule is [C-]#[N+]C1=C(c2ccc([N+]#[C-])cc2)/C(=C(/C#N)c2c(F)c(F)nc(F)c2F)c2cc3c(cc21)/C(=C(\[N+]#[C-])c1c(F)c(F)nc(F)c1F)C(c1ccc(C#N)cc1)=C3C#N. The first-order valence-corrected chi connectivity index (χ1v) is 16.0. The molecule has 0 atom stereocenters. The Kier molecular flexibility index (Phi) is 9.19. The van der Waals surface area contributed by atoms with Crippen molar-refractivity contribution in [2.75, 3.05) is 0 Å². The predicted molar refractivity (Wildman–Crippen MR) is 190 cm³/mol. The van der Waals surface area contributed by atoms with Crippen LogP contribution in [0.1, 0.15) is 50.1 Å². The van der Waals surface area contributed by atoms with E-state index in [1.165, 1.54) is 48.5 Å². The maximum atomic E-state index is 15.4. The molecule has 2 aliphatic rings. The summed E-state index contributed by atoms with van der Waals surface area (Å²) in [5.41, 5.74) is -7.93. The number of pyridine rings is 2. The molecule has 2 aromatic heterocycles. The minimum Gasteiger partial charge on any atom is -0.238 e. The predicted octanol–water partition coefficient (Wildman–Crippen LogP) is 10.5. The molecule has 274 valence electrons. The number of halogens is 8. The summed E-state index contributed by atoms with van der Waals surface area (Å²) >= 11 is 0. The first-order chi connectivity index (χ1) is 27.8. The summed E-state index contributed by atoms with van der Waals surface area (Å²) in [6.07, 6.45) is 0. The number of rotatable bonds is 4. The van der Waals surface area contributed by atoms with Crippen molar-refractivity contribution in [3.8, 4) is 18.2 Å². The van der Waals surface area contributed by atoms with E-state index in [0.717, 1.165) is 12.1 Å². The molecule has 3 aromatic carbocycles. The highest BCUT2D eigenvalue weighted by atomic mass is 19.2. The van der Waals surface area contributed by atoms with Crippen LogP contribution < -0.4 is 0 Å². The second kappa shape index (κ2) is 14.2. The number of hydrogen-bond acceptors (Lipinski definition) is 5. The second-order valence-electron chi connectivity index (χ2n) is 12.1. The van der Waals surface area contributed by atoms with E-state index < -0.39 is 80.6 Å². The maximum Gasteiger partial charge on any atom is 0.252 e. The third kappa shape index (κ3) is 5.54. The first-order valence-electron chi connectivity index (χ1n) is 16.0. The molecule has 2 aliphatic carbocycles. The number of nitrogens with zero attached hydrogens (tertiary/aromatic N) is 8. The number of nitriles is 3. The number of fused-ring (bicyclic) bond motifs is 2. The van der Waals surface area contributed by atoms with Crippen LogP contribution in [0.25, 0.3) is 59.4 Å². The standard InChI is InChI=1S/C42H10F8N8/c1-54-20-10-8-19(9-11-20)28-29(26(16-53)31-33(43)39(47)57-40(48)34(31)44)23-12-21-22(13-24(23)37(28)55-2)30(27(25(21)15-52)18-6-4-17(14-51)5-7-18)38(56-3)32-35(45)41(49)58-42(50)36(32)46/h4-13H/b29-26-,38-30+. The zero-order chi connectivity index (χ0) is 41.7. The normalized spacial score (nSPS) is 14.4. The van der Waals surface area contributed by atoms with Crippen LogP contribution in [0.2, 0.25) is 0 Å². The Morgan fingerprint density at radius 3 is 1.53 bits per heavy atom. The molecule has 0 saturated carbocycles. The lowest BCUT2D eigenvalue weighted by molar-refractivity contribution is 0.404. The van der Waals surface area contributed by atoms with E-state index in [2.05, 4.69) is 24.5 Å². The quantitative estimate of drug-likeness (QED) is 0.0781. The Labute approximate surface area is 321 Å². The Hall–Kier alpha value is -8.70. The molecule has 5 aromatic rings. The van der Waals surface area contributed by atoms with Crippen LogP contribution in [0.15, 0.2) is 60.7 Å². The van der Waals surface area contributed by atoms with Crippen molar-refractivity contribution in [1.29, 1.82) is 15.8 Å². The van der Waals surface area contributed by atoms with E-state index >= 15 is 17.6 Å². The molecule has 0 N–H and O–H groups in total. The molecule has 16 heteroatoms. The third-order valence-electron chi connectivity index (χ3n) is 9.21. The van der Waals surface area contributed by atoms with Crippen molar-refractivity contribution in [2.24, 2.45) is 0 Å². The van der Waals surface area contributed by atoms with Gasteiger partial charge in [-0.2, -0.15) is 43.3 Å². The summed E-state index contributed by atoms with van der Waals surface area (Å²) in [6, 6.07) is 18.1. The molecule has 58 heavy (non-hydrogen) atoms. The van der Waals surface area contributed by atoms with Gasteiger partial charge in [0.1, 0.15) is 12.1 Å². The van der Waals surface area contributed by atoms with Crippen molar-refractivity contribution < 1.29 is 35.1 Å². The van der Waals surface area contributed by atoms with Crippen LogP contribution in [-0.2, 0) is 0 Å². The van der Waals surface area contributed by atoms with Crippen LogP contribution in [0, 0.1) is 101 Å². The lowest BCUT2D eigenvalue weighted by atomic mass is 9.88. The molecule has 0 saturated heterocycles. The Bertz CT molecular complexity index is 2870. The van der Waals surface area contributed by atoms with Gasteiger partial charge in [0.05, 0.1) is 53.6 Å². The first kappa shape index (κ1) is 37.6. The molecule has 0 unspecified atom stereocenters. The molecule has 0 fully saturated rings. The smallest absolute Gasteiger partial charge is 0.238 e. The van der Waals surface area contributed by atoms with Crippen molar-refractivity contribution in [3.63, 3.8) is 0 Å². The fourth-order valence-corrected chi connectivity index (χ4v) is 6.79. The summed E-state index contributed by atoms with van der Waals surface area (Å²) in [6.45, 7) is 23.6. The van der Waals surface area contributed by atoms with Gasteiger partial charge in [0, 0.05) is 0 Å². The fraction of sp³-hybridized carbons (Fsp3) is 0. The van der Waals surface area contributed by atoms with Crippen LogP contribution >= 0.6 is 0 Å². The molecular weight excluding hydrogens is 769 g/mol. The molecule has 0 bridgehead atoms. The second-order valence-corrected chi connectivity index (χ2v) is 12.1. The number of allylic oxidation sites excluding steroid dienone is 6. The Morgan fingerprint density at radius 1 is 0.552 bits per heavy atom. The minimum atomic E-state index is -2.11. The van der Waals surface area contributed by atoms with Crippen LogP contribution in [0.5, 0.6) is 0 Å². The monoisotopic (exact) mass is 778 g/mol. The van der Waals surface area contributed by atoms with E-state index in [0.29, 0.717) is 0 Å². The highest BCUT2D eigenvalue weighted by molar-refractivity contribution is 6.33. The molecule has 0 amide bonds. The average molecular weight is 779 g/mol. The molecule has 2 heterocycles. The Morgan fingerprint density at radius 2 is 1.05 bits per heavy atom. The molecule has 8 nitrogen and oxygen atoms in total. The number of hydrogen-bond donors (Lipinski definition) is 0. The van der Waals surface area contributed by atoms with Gasteiger partial charge in [-0.25, -0.2) is 32.1 Å². The van der Waals surface area contributed by atoms with E-state index in [4.69, 9.17) is 19.7 Å². The largest absolute Gasteiger partial charge is 0.252 e. The maximum absolute atomic E-state index is 15.4. The summed E-state index contributed by atoms with van der Waals surface area (Å²) in [7, 11) is 0. The van der Waals surface area contributed by atoms with E-state index in [-0.39, 0.29) is 67.0 Å². The third-order valence-corrected chi connectivity index (χ3v) is 9.21. The van der Waals surface area contributed by atoms with Crippen molar-refractivity contribution >= 4 is 50.5 Å². The van der Waals surface area contributed by atoms with Gasteiger partial charge in [0.2, 0.25) is 11.4 Å². The average Bonchev–Trinajstić information content (AvgIpc) is 3.72. The lowest BCUT2D eigenvalue weighted by Crippen LogP contribution is -2.07. The lowest BCUT2D eigenvalue weighted by Gasteiger charge is -2.16. The van der Waals surface area contributed by atoms with Crippen molar-refractivity contribution in [1.82, 2.24) is 9.97 Å². The van der Waals surface area contributed by atoms with E-state index in [1.54, 1.807) is 6.07 Å². The minimum absolute atomic E-state index is 0.0424. The summed E-state index contributed by atoms with van der Waals surface area (Å²) in [5.74, 6) is -16.7. The topological polar surface area (TPSA) is 110 Å². The number of benzene rings is 3. The molecule has 0 spiro atoms. The highest BCUT2D eigenvalue weighted by Gasteiger charge is 2.40. The van der Waals surface area contributed by atoms with Crippen LogP contribution in [-0.4, -0.2) is 9.97 Å². The zero-order valence-corrected chi connectivity index (χ0v) is 28.4. The van der Waals surface area contributed by atoms with Gasteiger partial charge in [0.15, 0.2) is 29.0 Å². The van der Waals surface area contributed by atoms with Gasteiger partial charge >= 0.3 is 0 Å². The van der Waals surface area contributed by atoms with Gasteiger partial charge in [-0.15, -0.1) is 0 Å². The van der Waals surface area contributed by atoms with E-state index in [9.17, 15) is 33.3 Å². The van der Waals surface area contributed by atoms with Crippen LogP contribution in [0.4, 0.5) is 40.8 Å². The van der Waals surface area contributed by atoms with Gasteiger partial charge in [-0.3, -0.25) is 0 Å². The fourth-order valence-electron chi connectivity index (χ4n) is 6.79. The van der Waals surface area contributed by atoms with E-state index in [1.807, 2.05) is 12.1 Å². The van der Waals surface area contributed by atoms with Gasteiger partial charge in [-0.05, 0) is 73.9 Å². The number of aromatic nitrogens is 2. The van der Waals surface area contributed by atoms with Gasteiger partial charge in [0.25, 0.3) is 23.8 Å². The molecule has 0 aliphatic heterocycles. The summed E-state index contributed by atoms with van der Waals surface area (Å²) < 4.78 is 120. The zero-order valence-electron chi connectivity index (χ0n) is 28.4. The van der Waals surface area contributed by atoms with Gasteiger partial charge in [-0.1, -0.05) is 42.5 Å². The highest BCUT2D eigenvalue weighted by Crippen LogP contribution is 2.57.